The summed E-state index contributed by atoms with van der Waals surface area (Å²) in [4.78, 5) is 27.9. The lowest BCUT2D eigenvalue weighted by Crippen LogP contribution is -2.39. The van der Waals surface area contributed by atoms with Crippen LogP contribution in [0.1, 0.15) is 66.9 Å². The van der Waals surface area contributed by atoms with Gasteiger partial charge in [-0.3, -0.25) is 14.3 Å². The Labute approximate surface area is 190 Å². The molecule has 174 valence electrons. The highest BCUT2D eigenvalue weighted by molar-refractivity contribution is 5.97. The molecule has 32 heavy (non-hydrogen) atoms. The number of nitriles is 1. The number of rotatable bonds is 6. The maximum Gasteiger partial charge on any atom is 0.415 e. The summed E-state index contributed by atoms with van der Waals surface area (Å²) < 4.78 is 13.3. The van der Waals surface area contributed by atoms with Crippen LogP contribution in [-0.2, 0) is 11.3 Å². The molecule has 0 spiro atoms. The van der Waals surface area contributed by atoms with Crippen LogP contribution in [0.5, 0.6) is 5.75 Å². The Hall–Kier alpha value is -3.01. The zero-order valence-electron chi connectivity index (χ0n) is 20.5. The fraction of sp³-hybridized carbons (Fsp3) is 0.560. The maximum atomic E-state index is 13.6. The third kappa shape index (κ3) is 6.03. The van der Waals surface area contributed by atoms with Crippen LogP contribution in [0.3, 0.4) is 0 Å². The molecular formula is C25H35N3O4. The number of nitrogens with zero attached hydrogens (tertiary/aromatic N) is 3. The lowest BCUT2D eigenvalue weighted by molar-refractivity contribution is 0.0585. The van der Waals surface area contributed by atoms with Crippen molar-refractivity contribution in [1.82, 2.24) is 4.57 Å². The second kappa shape index (κ2) is 9.64. The Kier molecular flexibility index (Phi) is 7.61. The van der Waals surface area contributed by atoms with Crippen molar-refractivity contribution in [3.63, 3.8) is 0 Å². The van der Waals surface area contributed by atoms with E-state index in [1.165, 1.54) is 4.90 Å². The molecule has 1 heterocycles. The molecule has 1 aromatic heterocycles. The number of carbonyl (C=O) groups excluding carboxylic acids is 1. The summed E-state index contributed by atoms with van der Waals surface area (Å²) in [6.45, 7) is 14.3. The number of pyridine rings is 1. The molecule has 2 rings (SSSR count). The SMILES string of the molecule is CCCCOc1c(N(C)C(=O)OC(C)(C)C)n(CC(C)(C)C)c(=O)c2ccc(C#N)cc12. The van der Waals surface area contributed by atoms with Crippen molar-refractivity contribution >= 4 is 22.7 Å². The molecule has 1 amide bonds. The van der Waals surface area contributed by atoms with Gasteiger partial charge in [0.05, 0.1) is 23.6 Å². The van der Waals surface area contributed by atoms with Gasteiger partial charge in [0.1, 0.15) is 5.60 Å². The maximum absolute atomic E-state index is 13.6. The van der Waals surface area contributed by atoms with Crippen LogP contribution in [-0.4, -0.2) is 29.9 Å². The molecule has 0 atom stereocenters. The minimum absolute atomic E-state index is 0.242. The molecule has 2 aromatic rings. The van der Waals surface area contributed by atoms with Crippen molar-refractivity contribution in [2.24, 2.45) is 5.41 Å². The van der Waals surface area contributed by atoms with Gasteiger partial charge >= 0.3 is 6.09 Å². The number of amides is 1. The van der Waals surface area contributed by atoms with Crippen molar-refractivity contribution in [2.45, 2.75) is 73.5 Å². The third-order valence-corrected chi connectivity index (χ3v) is 4.69. The van der Waals surface area contributed by atoms with Crippen LogP contribution in [0.2, 0.25) is 0 Å². The smallest absolute Gasteiger partial charge is 0.415 e. The third-order valence-electron chi connectivity index (χ3n) is 4.69. The van der Waals surface area contributed by atoms with Gasteiger partial charge in [0.15, 0.2) is 11.6 Å². The Balaban J connectivity index is 2.89. The molecule has 0 radical (unpaired) electrons. The highest BCUT2D eigenvalue weighted by Gasteiger charge is 2.29. The van der Waals surface area contributed by atoms with Crippen molar-refractivity contribution < 1.29 is 14.3 Å². The Bertz CT molecular complexity index is 1080. The molecule has 0 fully saturated rings. The first-order valence-corrected chi connectivity index (χ1v) is 11.0. The van der Waals surface area contributed by atoms with E-state index < -0.39 is 11.7 Å². The molecule has 0 aliphatic rings. The first-order valence-electron chi connectivity index (χ1n) is 11.0. The summed E-state index contributed by atoms with van der Waals surface area (Å²) in [6.07, 6.45) is 1.16. The van der Waals surface area contributed by atoms with Crippen molar-refractivity contribution in [3.8, 4) is 11.8 Å². The van der Waals surface area contributed by atoms with Crippen LogP contribution in [0.15, 0.2) is 23.0 Å². The van der Waals surface area contributed by atoms with E-state index in [9.17, 15) is 14.9 Å². The van der Waals surface area contributed by atoms with Crippen molar-refractivity contribution in [1.29, 1.82) is 5.26 Å². The summed E-state index contributed by atoms with van der Waals surface area (Å²) in [7, 11) is 1.58. The van der Waals surface area contributed by atoms with E-state index in [2.05, 4.69) is 13.0 Å². The van der Waals surface area contributed by atoms with E-state index in [4.69, 9.17) is 9.47 Å². The van der Waals surface area contributed by atoms with Crippen molar-refractivity contribution in [2.75, 3.05) is 18.6 Å². The average Bonchev–Trinajstić information content (AvgIpc) is 2.68. The summed E-state index contributed by atoms with van der Waals surface area (Å²) in [5.74, 6) is 0.737. The standard InChI is InChI=1S/C25H35N3O4/c1-9-10-13-31-20-19-14-17(15-26)11-12-18(19)22(29)28(16-24(2,3)4)21(20)27(8)23(30)32-25(5,6)7/h11-12,14H,9-10,13,16H2,1-8H3. The van der Waals surface area contributed by atoms with Gasteiger partial charge in [-0.05, 0) is 50.8 Å². The molecule has 0 aliphatic carbocycles. The van der Waals surface area contributed by atoms with Gasteiger partial charge < -0.3 is 9.47 Å². The number of aromatic nitrogens is 1. The van der Waals surface area contributed by atoms with E-state index in [0.717, 1.165) is 12.8 Å². The summed E-state index contributed by atoms with van der Waals surface area (Å²) in [5.41, 5.74) is -0.771. The highest BCUT2D eigenvalue weighted by Crippen LogP contribution is 2.37. The summed E-state index contributed by atoms with van der Waals surface area (Å²) >= 11 is 0. The second-order valence-electron chi connectivity index (χ2n) is 10.2. The van der Waals surface area contributed by atoms with E-state index in [-0.39, 0.29) is 11.0 Å². The molecule has 0 unspecified atom stereocenters. The van der Waals surface area contributed by atoms with Gasteiger partial charge in [-0.25, -0.2) is 4.79 Å². The van der Waals surface area contributed by atoms with Crippen LogP contribution in [0, 0.1) is 16.7 Å². The lowest BCUT2D eigenvalue weighted by atomic mass is 9.96. The Morgan fingerprint density at radius 1 is 1.16 bits per heavy atom. The van der Waals surface area contributed by atoms with Gasteiger partial charge in [-0.1, -0.05) is 34.1 Å². The van der Waals surface area contributed by atoms with Gasteiger partial charge in [-0.2, -0.15) is 5.26 Å². The number of ether oxygens (including phenoxy) is 2. The minimum Gasteiger partial charge on any atom is -0.489 e. The largest absolute Gasteiger partial charge is 0.489 e. The van der Waals surface area contributed by atoms with Gasteiger partial charge in [0.2, 0.25) is 0 Å². The number of anilines is 1. The molecule has 0 saturated heterocycles. The Morgan fingerprint density at radius 3 is 2.34 bits per heavy atom. The number of carbonyl (C=O) groups is 1. The van der Waals surface area contributed by atoms with E-state index >= 15 is 0 Å². The Morgan fingerprint density at radius 2 is 1.81 bits per heavy atom. The molecule has 0 N–H and O–H groups in total. The van der Waals surface area contributed by atoms with E-state index in [1.807, 2.05) is 20.8 Å². The molecule has 0 aliphatic heterocycles. The first-order chi connectivity index (χ1) is 14.8. The normalized spacial score (nSPS) is 11.8. The van der Waals surface area contributed by atoms with Crippen molar-refractivity contribution in [3.05, 3.63) is 34.1 Å². The van der Waals surface area contributed by atoms with Gasteiger partial charge in [-0.15, -0.1) is 0 Å². The number of unbranched alkanes of at least 4 members (excludes halogenated alkanes) is 1. The quantitative estimate of drug-likeness (QED) is 0.555. The first kappa shape index (κ1) is 25.3. The molecule has 7 nitrogen and oxygen atoms in total. The van der Waals surface area contributed by atoms with Crippen LogP contribution >= 0.6 is 0 Å². The van der Waals surface area contributed by atoms with E-state index in [0.29, 0.717) is 41.1 Å². The molecule has 1 aromatic carbocycles. The molecule has 0 bridgehead atoms. The minimum atomic E-state index is -0.700. The average molecular weight is 442 g/mol. The predicted molar refractivity (Wildman–Crippen MR) is 127 cm³/mol. The molecule has 0 saturated carbocycles. The second-order valence-corrected chi connectivity index (χ2v) is 10.2. The topological polar surface area (TPSA) is 84.6 Å². The fourth-order valence-electron chi connectivity index (χ4n) is 3.30. The number of fused-ring (bicyclic) bond motifs is 1. The highest BCUT2D eigenvalue weighted by atomic mass is 16.6. The summed E-state index contributed by atoms with van der Waals surface area (Å²) in [6, 6.07) is 7.04. The van der Waals surface area contributed by atoms with Gasteiger partial charge in [0.25, 0.3) is 5.56 Å². The lowest BCUT2D eigenvalue weighted by Gasteiger charge is -2.30. The zero-order chi connectivity index (χ0) is 24.3. The number of benzene rings is 1. The number of hydrogen-bond donors (Lipinski definition) is 0. The van der Waals surface area contributed by atoms with Crippen LogP contribution in [0.4, 0.5) is 10.6 Å². The summed E-state index contributed by atoms with van der Waals surface area (Å²) in [5, 5.41) is 10.4. The molecule has 7 heteroatoms. The van der Waals surface area contributed by atoms with Crippen LogP contribution < -0.4 is 15.2 Å². The monoisotopic (exact) mass is 441 g/mol. The zero-order valence-corrected chi connectivity index (χ0v) is 20.5. The van der Waals surface area contributed by atoms with E-state index in [1.54, 1.807) is 50.6 Å². The number of hydrogen-bond acceptors (Lipinski definition) is 5. The van der Waals surface area contributed by atoms with Gasteiger partial charge in [0, 0.05) is 19.0 Å². The van der Waals surface area contributed by atoms with Crippen LogP contribution in [0.25, 0.3) is 10.8 Å². The predicted octanol–water partition coefficient (Wildman–Crippen LogP) is 5.47. The molecular weight excluding hydrogens is 406 g/mol. The fourth-order valence-corrected chi connectivity index (χ4v) is 3.30.